The van der Waals surface area contributed by atoms with Crippen LogP contribution in [-0.2, 0) is 9.59 Å². The van der Waals surface area contributed by atoms with Gasteiger partial charge in [0, 0.05) is 13.1 Å². The summed E-state index contributed by atoms with van der Waals surface area (Å²) in [5.74, 6) is -1.87. The number of aromatic amines is 1. The van der Waals surface area contributed by atoms with Crippen LogP contribution in [0.2, 0.25) is 0 Å². The van der Waals surface area contributed by atoms with E-state index in [9.17, 15) is 9.59 Å². The molecule has 11 nitrogen and oxygen atoms in total. The van der Waals surface area contributed by atoms with Gasteiger partial charge in [-0.25, -0.2) is 4.98 Å². The van der Waals surface area contributed by atoms with E-state index in [1.165, 1.54) is 12.4 Å². The van der Waals surface area contributed by atoms with Gasteiger partial charge in [0.2, 0.25) is 0 Å². The first-order chi connectivity index (χ1) is 15.6. The summed E-state index contributed by atoms with van der Waals surface area (Å²) in [6.45, 7) is 3.32. The summed E-state index contributed by atoms with van der Waals surface area (Å²) in [6.07, 6.45) is 4.96. The number of benzene rings is 1. The third kappa shape index (κ3) is 5.13. The van der Waals surface area contributed by atoms with Crippen molar-refractivity contribution in [2.75, 3.05) is 24.1 Å². The van der Waals surface area contributed by atoms with Crippen molar-refractivity contribution in [1.82, 2.24) is 20.1 Å². The van der Waals surface area contributed by atoms with Crippen molar-refractivity contribution in [3.05, 3.63) is 18.5 Å². The maximum absolute atomic E-state index is 12.2. The maximum Gasteiger partial charge on any atom is 0.314 e. The lowest BCUT2D eigenvalue weighted by Gasteiger charge is -2.30. The van der Waals surface area contributed by atoms with E-state index in [1.807, 2.05) is 0 Å². The molecule has 1 fully saturated rings. The van der Waals surface area contributed by atoms with Gasteiger partial charge < -0.3 is 31.3 Å². The monoisotopic (exact) mass is 448 g/mol. The Morgan fingerprint density at radius 3 is 2.67 bits per heavy atom. The molecule has 1 atom stereocenters. The van der Waals surface area contributed by atoms with E-state index in [2.05, 4.69) is 27.4 Å². The zero-order valence-corrected chi connectivity index (χ0v) is 17.9. The number of nitrogens with one attached hydrogen (secondary N) is 2. The number of aromatic hydroxyl groups is 3. The molecule has 33 heavy (non-hydrogen) atoms. The number of carbonyl (C=O) groups is 2. The number of nitrogen functional groups attached to an aromatic ring is 1. The Hall–Kier alpha value is -3.89. The molecule has 1 aliphatic heterocycles. The third-order valence-corrected chi connectivity index (χ3v) is 5.22. The number of likely N-dealkylation sites (tertiary alicyclic amines) is 1. The highest BCUT2D eigenvalue weighted by molar-refractivity contribution is 6.42. The molecule has 7 N–H and O–H groups in total. The average molecular weight is 448 g/mol. The quantitative estimate of drug-likeness (QED) is 0.120. The van der Waals surface area contributed by atoms with E-state index >= 15 is 0 Å². The Bertz CT molecular complexity index is 1180. The first kappa shape index (κ1) is 23.8. The summed E-state index contributed by atoms with van der Waals surface area (Å²) in [5, 5.41) is 36.6. The summed E-state index contributed by atoms with van der Waals surface area (Å²) in [5.41, 5.74) is 6.29. The number of nitrogens with zero attached hydrogens (tertiary/aromatic N) is 3. The minimum absolute atomic E-state index is 0.0715. The molecule has 0 spiro atoms. The van der Waals surface area contributed by atoms with Crippen molar-refractivity contribution in [3.63, 3.8) is 0 Å². The predicted molar refractivity (Wildman–Crippen MR) is 124 cm³/mol. The van der Waals surface area contributed by atoms with Gasteiger partial charge in [-0.3, -0.25) is 14.7 Å². The van der Waals surface area contributed by atoms with Crippen LogP contribution in [-0.4, -0.2) is 76.0 Å². The molecule has 0 aliphatic carbocycles. The second kappa shape index (κ2) is 9.72. The normalized spacial score (nSPS) is 15.5. The fraction of sp³-hybridized carbons (Fsp3) is 0.300. The van der Waals surface area contributed by atoms with E-state index in [1.54, 1.807) is 4.90 Å². The summed E-state index contributed by atoms with van der Waals surface area (Å²) in [4.78, 5) is 30.0. The predicted octanol–water partition coefficient (Wildman–Crippen LogP) is -0.872. The van der Waals surface area contributed by atoms with E-state index in [0.29, 0.717) is 41.4 Å². The summed E-state index contributed by atoms with van der Waals surface area (Å²) >= 11 is 0. The minimum Gasteiger partial charge on any atom is -0.509 e. The number of anilines is 2. The van der Waals surface area contributed by atoms with Crippen LogP contribution in [0, 0.1) is 5.92 Å². The first-order valence-corrected chi connectivity index (χ1v) is 10.1. The summed E-state index contributed by atoms with van der Waals surface area (Å²) in [6, 6.07) is 1.01. The van der Waals surface area contributed by atoms with Crippen LogP contribution in [0.25, 0.3) is 10.9 Å². The van der Waals surface area contributed by atoms with Crippen molar-refractivity contribution in [2.24, 2.45) is 5.92 Å². The van der Waals surface area contributed by atoms with Crippen molar-refractivity contribution < 1.29 is 24.9 Å². The fourth-order valence-corrected chi connectivity index (χ4v) is 3.43. The number of carbonyl (C=O) groups excluding carboxylic acids is 2. The standard InChI is InChI=1S/C14H18N6O2.C6H4B2O3/c1-8-3-2-4-20(7-8)14(22)13(21)18-10-6-16-12(15)9-5-17-19-11(9)10;7-2-1-3(9)6(11)4(8)5(2)10/h5-6,8H,2-4,7H2,1H3,(H2,15,16)(H,17,19)(H,18,21);1,9-11H. The number of fused-ring (bicyclic) bond motifs is 1. The Kier molecular flexibility index (Phi) is 7.00. The fourth-order valence-electron chi connectivity index (χ4n) is 3.43. The topological polar surface area (TPSA) is 178 Å². The lowest BCUT2D eigenvalue weighted by molar-refractivity contribution is -0.144. The zero-order valence-electron chi connectivity index (χ0n) is 17.9. The summed E-state index contributed by atoms with van der Waals surface area (Å²) in [7, 11) is 10.3. The lowest BCUT2D eigenvalue weighted by atomic mass is 9.84. The van der Waals surface area contributed by atoms with Crippen LogP contribution in [0.3, 0.4) is 0 Å². The molecule has 13 heteroatoms. The van der Waals surface area contributed by atoms with Gasteiger partial charge in [-0.05, 0) is 30.3 Å². The minimum atomic E-state index is -0.670. The van der Waals surface area contributed by atoms with Gasteiger partial charge in [-0.15, -0.1) is 0 Å². The maximum atomic E-state index is 12.2. The molecule has 4 rings (SSSR count). The highest BCUT2D eigenvalue weighted by atomic mass is 16.3. The van der Waals surface area contributed by atoms with Crippen LogP contribution in [0.1, 0.15) is 19.8 Å². The number of nitrogens with two attached hydrogens (primary N) is 1. The first-order valence-electron chi connectivity index (χ1n) is 10.1. The van der Waals surface area contributed by atoms with E-state index in [4.69, 9.17) is 36.7 Å². The Morgan fingerprint density at radius 2 is 1.97 bits per heavy atom. The van der Waals surface area contributed by atoms with Crippen LogP contribution < -0.4 is 22.0 Å². The second-order valence-corrected chi connectivity index (χ2v) is 7.76. The molecule has 1 aliphatic rings. The van der Waals surface area contributed by atoms with Crippen molar-refractivity contribution in [1.29, 1.82) is 0 Å². The van der Waals surface area contributed by atoms with E-state index in [0.717, 1.165) is 18.9 Å². The number of phenols is 3. The van der Waals surface area contributed by atoms with Crippen molar-refractivity contribution in [3.8, 4) is 17.2 Å². The third-order valence-electron chi connectivity index (χ3n) is 5.22. The molecule has 0 bridgehead atoms. The molecular weight excluding hydrogens is 426 g/mol. The Labute approximate surface area is 191 Å². The number of amides is 2. The SMILES string of the molecule is CC1CCCN(C(=O)C(=O)Nc2cnc(N)c3cn[nH]c23)C1.[B]c1cc(O)c(O)c([B])c1O. The molecule has 0 saturated carbocycles. The van der Waals surface area contributed by atoms with Crippen LogP contribution in [0.4, 0.5) is 11.5 Å². The molecule has 1 unspecified atom stereocenters. The van der Waals surface area contributed by atoms with Gasteiger partial charge in [-0.1, -0.05) is 12.4 Å². The molecule has 1 aromatic carbocycles. The Morgan fingerprint density at radius 1 is 1.24 bits per heavy atom. The number of H-pyrrole nitrogens is 1. The second-order valence-electron chi connectivity index (χ2n) is 7.76. The summed E-state index contributed by atoms with van der Waals surface area (Å²) < 4.78 is 0. The van der Waals surface area contributed by atoms with Crippen LogP contribution >= 0.6 is 0 Å². The van der Waals surface area contributed by atoms with Gasteiger partial charge in [0.05, 0.1) is 29.0 Å². The molecular formula is C20H22B2N6O5. The highest BCUT2D eigenvalue weighted by Gasteiger charge is 2.26. The molecule has 3 heterocycles. The van der Waals surface area contributed by atoms with Gasteiger partial charge in [0.25, 0.3) is 0 Å². The molecule has 168 valence electrons. The Balaban J connectivity index is 0.000000235. The number of pyridine rings is 1. The molecule has 1 saturated heterocycles. The molecule has 4 radical (unpaired) electrons. The number of rotatable bonds is 1. The number of hydrogen-bond donors (Lipinski definition) is 6. The van der Waals surface area contributed by atoms with Crippen molar-refractivity contribution in [2.45, 2.75) is 19.8 Å². The van der Waals surface area contributed by atoms with Crippen LogP contribution in [0.15, 0.2) is 18.5 Å². The highest BCUT2D eigenvalue weighted by Crippen LogP contribution is 2.24. The lowest BCUT2D eigenvalue weighted by Crippen LogP contribution is -2.44. The van der Waals surface area contributed by atoms with Crippen LogP contribution in [0.5, 0.6) is 17.2 Å². The number of hydrogen-bond acceptors (Lipinski definition) is 8. The average Bonchev–Trinajstić information content (AvgIpc) is 3.29. The smallest absolute Gasteiger partial charge is 0.314 e. The molecule has 2 amide bonds. The number of aromatic nitrogens is 3. The molecule has 2 aromatic heterocycles. The zero-order chi connectivity index (χ0) is 24.3. The van der Waals surface area contributed by atoms with Gasteiger partial charge in [0.15, 0.2) is 11.5 Å². The number of phenolic OH excluding ortho intramolecular Hbond substituents is 3. The van der Waals surface area contributed by atoms with Gasteiger partial charge in [-0.2, -0.15) is 5.10 Å². The van der Waals surface area contributed by atoms with Crippen molar-refractivity contribution >= 4 is 60.8 Å². The van der Waals surface area contributed by atoms with Gasteiger partial charge in [0.1, 0.15) is 27.3 Å². The van der Waals surface area contributed by atoms with E-state index < -0.39 is 29.1 Å². The molecule has 3 aromatic rings. The van der Waals surface area contributed by atoms with E-state index in [-0.39, 0.29) is 10.9 Å². The van der Waals surface area contributed by atoms with Gasteiger partial charge >= 0.3 is 11.8 Å². The largest absolute Gasteiger partial charge is 0.509 e. The number of piperidine rings is 1.